The van der Waals surface area contributed by atoms with E-state index in [9.17, 15) is 22.8 Å². The molecule has 2 aromatic carbocycles. The maximum atomic E-state index is 12.7. The van der Waals surface area contributed by atoms with Crippen molar-refractivity contribution in [1.82, 2.24) is 25.9 Å². The van der Waals surface area contributed by atoms with Crippen molar-refractivity contribution >= 4 is 39.8 Å². The molecule has 43 heavy (non-hydrogen) atoms. The number of rotatable bonds is 16. The first-order valence-electron chi connectivity index (χ1n) is 13.3. The van der Waals surface area contributed by atoms with Gasteiger partial charge in [-0.2, -0.15) is 0 Å². The predicted molar refractivity (Wildman–Crippen MR) is 161 cm³/mol. The number of carbonyl (C=O) groups is 3. The summed E-state index contributed by atoms with van der Waals surface area (Å²) >= 11 is -1.96. The Morgan fingerprint density at radius 2 is 1.44 bits per heavy atom. The lowest BCUT2D eigenvalue weighted by Crippen LogP contribution is -2.26. The van der Waals surface area contributed by atoms with Crippen LogP contribution in [0.5, 0.6) is 5.88 Å². The normalized spacial score (nSPS) is 11.9. The molecule has 3 amide bonds. The zero-order valence-electron chi connectivity index (χ0n) is 23.2. The summed E-state index contributed by atoms with van der Waals surface area (Å²) in [6, 6.07) is 12.4. The Balaban J connectivity index is 1.35. The monoisotopic (exact) mass is 624 g/mol. The van der Waals surface area contributed by atoms with Crippen LogP contribution in [0.25, 0.3) is 0 Å². The third-order valence-electron chi connectivity index (χ3n) is 5.87. The van der Waals surface area contributed by atoms with Crippen molar-refractivity contribution in [2.45, 2.75) is 41.9 Å². The number of aromatic nitrogens is 2. The first-order valence-corrected chi connectivity index (χ1v) is 15.6. The second-order valence-corrected chi connectivity index (χ2v) is 11.2. The Morgan fingerprint density at radius 3 is 2.07 bits per heavy atom. The van der Waals surface area contributed by atoms with Crippen LogP contribution >= 0.6 is 0 Å². The van der Waals surface area contributed by atoms with E-state index in [0.717, 1.165) is 12.8 Å². The number of nitrogens with one attached hydrogen (secondary N) is 3. The van der Waals surface area contributed by atoms with Crippen LogP contribution in [0.1, 0.15) is 63.3 Å². The Hall–Kier alpha value is -4.45. The molecule has 2 atom stereocenters. The highest BCUT2D eigenvalue weighted by molar-refractivity contribution is 7.82. The lowest BCUT2D eigenvalue weighted by atomic mass is 10.2. The van der Waals surface area contributed by atoms with Gasteiger partial charge in [-0.25, -0.2) is 23.5 Å². The van der Waals surface area contributed by atoms with Crippen LogP contribution in [-0.2, 0) is 22.1 Å². The van der Waals surface area contributed by atoms with E-state index in [0.29, 0.717) is 54.9 Å². The maximum Gasteiger partial charge on any atom is 0.271 e. The zero-order valence-corrected chi connectivity index (χ0v) is 24.9. The van der Waals surface area contributed by atoms with Crippen LogP contribution in [0.3, 0.4) is 0 Å². The molecule has 0 saturated heterocycles. The Kier molecular flexibility index (Phi) is 13.4. The number of nitrogens with zero attached hydrogens (tertiary/aromatic N) is 2. The van der Waals surface area contributed by atoms with Crippen LogP contribution in [-0.4, -0.2) is 55.7 Å². The highest BCUT2D eigenvalue weighted by Gasteiger charge is 2.14. The second-order valence-electron chi connectivity index (χ2n) is 9.04. The van der Waals surface area contributed by atoms with Crippen molar-refractivity contribution in [1.29, 1.82) is 0 Å². The molecule has 2 unspecified atom stereocenters. The number of hydrogen-bond donors (Lipinski definition) is 4. The van der Waals surface area contributed by atoms with E-state index in [4.69, 9.17) is 15.7 Å². The van der Waals surface area contributed by atoms with Gasteiger partial charge < -0.3 is 20.1 Å². The Morgan fingerprint density at radius 1 is 0.791 bits per heavy atom. The summed E-state index contributed by atoms with van der Waals surface area (Å²) in [5.74, 6) is 1.49. The van der Waals surface area contributed by atoms with Gasteiger partial charge in [0.1, 0.15) is 16.7 Å². The molecule has 0 spiro atoms. The fourth-order valence-corrected chi connectivity index (χ4v) is 4.76. The third kappa shape index (κ3) is 11.0. The van der Waals surface area contributed by atoms with E-state index < -0.39 is 28.0 Å². The molecule has 3 aromatic rings. The average Bonchev–Trinajstić information content (AvgIpc) is 3.02. The minimum atomic E-state index is -1.96. The zero-order chi connectivity index (χ0) is 31.0. The van der Waals surface area contributed by atoms with E-state index in [2.05, 4.69) is 31.8 Å². The maximum absolute atomic E-state index is 12.7. The molecular formula is C29H32N6O6S2. The Bertz CT molecular complexity index is 1490. The predicted octanol–water partition coefficient (Wildman–Crippen LogP) is 2.03. The van der Waals surface area contributed by atoms with Crippen LogP contribution in [0.15, 0.2) is 70.7 Å². The number of amides is 3. The second kappa shape index (κ2) is 17.5. The molecular weight excluding hydrogens is 592 g/mol. The van der Waals surface area contributed by atoms with Crippen molar-refractivity contribution < 1.29 is 27.0 Å². The highest BCUT2D eigenvalue weighted by Crippen LogP contribution is 2.14. The Labute approximate surface area is 254 Å². The third-order valence-corrected chi connectivity index (χ3v) is 7.57. The molecule has 0 aliphatic heterocycles. The van der Waals surface area contributed by atoms with Gasteiger partial charge in [-0.15, -0.1) is 12.3 Å². The van der Waals surface area contributed by atoms with Gasteiger partial charge in [0.2, 0.25) is 17.0 Å². The number of terminal acetylenes is 1. The van der Waals surface area contributed by atoms with Crippen LogP contribution < -0.4 is 25.3 Å². The highest BCUT2D eigenvalue weighted by atomic mass is 32.2. The van der Waals surface area contributed by atoms with Gasteiger partial charge in [0.05, 0.1) is 22.2 Å². The van der Waals surface area contributed by atoms with Crippen molar-refractivity contribution in [3.05, 3.63) is 77.7 Å². The number of hydrogen-bond acceptors (Lipinski definition) is 8. The number of unbranched alkanes of at least 4 members (excludes halogenated alkanes) is 3. The van der Waals surface area contributed by atoms with E-state index >= 15 is 0 Å². The molecule has 1 heterocycles. The van der Waals surface area contributed by atoms with Crippen molar-refractivity contribution in [2.24, 2.45) is 5.14 Å². The van der Waals surface area contributed by atoms with Gasteiger partial charge >= 0.3 is 0 Å². The van der Waals surface area contributed by atoms with Crippen LogP contribution in [0.2, 0.25) is 0 Å². The SMILES string of the molecule is C#CCCCNC(=O)c1cccc(S(=O)Oc2cnc(C(=O)NCCCCCNC(=O)c3ccc(S(N)=O)cc3)cn2)c1. The molecule has 0 aliphatic rings. The molecule has 12 nitrogen and oxygen atoms in total. The van der Waals surface area contributed by atoms with Crippen molar-refractivity contribution in [3.8, 4) is 18.2 Å². The van der Waals surface area contributed by atoms with Gasteiger partial charge in [-0.1, -0.05) is 6.07 Å². The molecule has 1 aromatic heterocycles. The van der Waals surface area contributed by atoms with Crippen molar-refractivity contribution in [3.63, 3.8) is 0 Å². The fraction of sp³-hybridized carbons (Fsp3) is 0.276. The minimum absolute atomic E-state index is 0.0497. The smallest absolute Gasteiger partial charge is 0.271 e. The standard InChI is InChI=1S/C29H32N6O6S2/c1-2-3-5-15-32-28(37)22-9-8-10-24(18-22)43(40)41-26-20-34-25(19-35-26)29(38)33-17-7-4-6-16-31-27(36)21-11-13-23(14-12-21)42(30)39/h1,8-14,18-20H,3-7,15-17,30H2,(H,31,36)(H,32,37)(H,33,38). The van der Waals surface area contributed by atoms with Gasteiger partial charge in [0.25, 0.3) is 17.7 Å². The molecule has 0 aliphatic carbocycles. The molecule has 0 radical (unpaired) electrons. The summed E-state index contributed by atoms with van der Waals surface area (Å²) in [5.41, 5.74) is 0.845. The van der Waals surface area contributed by atoms with Crippen LogP contribution in [0.4, 0.5) is 0 Å². The lowest BCUT2D eigenvalue weighted by molar-refractivity contribution is 0.0941. The summed E-state index contributed by atoms with van der Waals surface area (Å²) in [7, 11) is -1.59. The number of nitrogens with two attached hydrogens (primary N) is 1. The largest absolute Gasteiger partial charge is 0.374 e. The summed E-state index contributed by atoms with van der Waals surface area (Å²) in [6.45, 7) is 1.31. The van der Waals surface area contributed by atoms with Gasteiger partial charge in [-0.3, -0.25) is 14.4 Å². The fourth-order valence-electron chi connectivity index (χ4n) is 3.60. The number of carbonyl (C=O) groups excluding carboxylic acids is 3. The molecule has 5 N–H and O–H groups in total. The minimum Gasteiger partial charge on any atom is -0.374 e. The van der Waals surface area contributed by atoms with Crippen LogP contribution in [0, 0.1) is 12.3 Å². The molecule has 0 saturated carbocycles. The average molecular weight is 625 g/mol. The van der Waals surface area contributed by atoms with Gasteiger partial charge in [0.15, 0.2) is 0 Å². The summed E-state index contributed by atoms with van der Waals surface area (Å²) in [5, 5.41) is 13.6. The summed E-state index contributed by atoms with van der Waals surface area (Å²) in [4.78, 5) is 45.6. The van der Waals surface area contributed by atoms with Gasteiger partial charge in [-0.05, 0) is 68.1 Å². The summed E-state index contributed by atoms with van der Waals surface area (Å²) < 4.78 is 29.2. The number of benzene rings is 2. The first kappa shape index (κ1) is 33.1. The van der Waals surface area contributed by atoms with E-state index in [1.165, 1.54) is 18.5 Å². The molecule has 3 rings (SSSR count). The van der Waals surface area contributed by atoms with E-state index in [-0.39, 0.29) is 28.3 Å². The van der Waals surface area contributed by atoms with E-state index in [1.807, 2.05) is 0 Å². The van der Waals surface area contributed by atoms with Gasteiger partial charge in [0, 0.05) is 37.2 Å². The first-order chi connectivity index (χ1) is 20.8. The van der Waals surface area contributed by atoms with Crippen molar-refractivity contribution in [2.75, 3.05) is 19.6 Å². The quantitative estimate of drug-likeness (QED) is 0.138. The molecule has 0 bridgehead atoms. The topological polar surface area (TPSA) is 182 Å². The summed E-state index contributed by atoms with van der Waals surface area (Å²) in [6.07, 6.45) is 11.0. The lowest BCUT2D eigenvalue weighted by Gasteiger charge is -2.08. The molecule has 14 heteroatoms. The molecule has 226 valence electrons. The van der Waals surface area contributed by atoms with E-state index in [1.54, 1.807) is 42.5 Å². The molecule has 0 fully saturated rings.